The summed E-state index contributed by atoms with van der Waals surface area (Å²) in [5.41, 5.74) is 0.0191. The topological polar surface area (TPSA) is 40.6 Å². The lowest BCUT2D eigenvalue weighted by Crippen LogP contribution is -2.43. The molecule has 106 valence electrons. The summed E-state index contributed by atoms with van der Waals surface area (Å²) in [6, 6.07) is 17.5. The van der Waals surface area contributed by atoms with Gasteiger partial charge in [0.15, 0.2) is 5.54 Å². The molecule has 0 radical (unpaired) electrons. The molecular formula is C15H10BrClN2O2. The molecule has 0 bridgehead atoms. The average molecular weight is 366 g/mol. The van der Waals surface area contributed by atoms with Crippen molar-refractivity contribution in [3.63, 3.8) is 0 Å². The molecule has 0 aliphatic carbocycles. The zero-order valence-electron chi connectivity index (χ0n) is 10.7. The van der Waals surface area contributed by atoms with Crippen LogP contribution >= 0.6 is 27.9 Å². The molecule has 1 aliphatic heterocycles. The van der Waals surface area contributed by atoms with Gasteiger partial charge in [-0.2, -0.15) is 4.42 Å². The van der Waals surface area contributed by atoms with Gasteiger partial charge in [0.25, 0.3) is 5.91 Å². The number of benzene rings is 2. The summed E-state index contributed by atoms with van der Waals surface area (Å²) in [5, 5.41) is 0. The maximum atomic E-state index is 12.8. The Morgan fingerprint density at radius 1 is 0.857 bits per heavy atom. The molecule has 0 N–H and O–H groups in total. The molecular weight excluding hydrogens is 356 g/mol. The predicted octanol–water partition coefficient (Wildman–Crippen LogP) is 3.66. The number of halogens is 2. The molecule has 3 rings (SSSR count). The van der Waals surface area contributed by atoms with Gasteiger partial charge in [-0.3, -0.25) is 4.79 Å². The van der Waals surface area contributed by atoms with Gasteiger partial charge in [0.2, 0.25) is 0 Å². The van der Waals surface area contributed by atoms with Crippen molar-refractivity contribution in [1.29, 1.82) is 0 Å². The zero-order chi connectivity index (χ0) is 15.0. The van der Waals surface area contributed by atoms with Crippen LogP contribution in [-0.2, 0) is 10.3 Å². The third-order valence-corrected chi connectivity index (χ3v) is 4.63. The van der Waals surface area contributed by atoms with Crippen LogP contribution in [0.25, 0.3) is 0 Å². The fourth-order valence-electron chi connectivity index (χ4n) is 2.53. The molecule has 1 heterocycles. The van der Waals surface area contributed by atoms with E-state index in [4.69, 9.17) is 11.8 Å². The van der Waals surface area contributed by atoms with Crippen molar-refractivity contribution in [1.82, 2.24) is 8.34 Å². The number of carbonyl (C=O) groups excluding carboxylic acids is 2. The third kappa shape index (κ3) is 1.88. The van der Waals surface area contributed by atoms with Gasteiger partial charge in [-0.05, 0) is 11.1 Å². The Kier molecular flexibility index (Phi) is 3.47. The summed E-state index contributed by atoms with van der Waals surface area (Å²) in [7, 11) is 0. The Hall–Kier alpha value is -1.85. The van der Waals surface area contributed by atoms with E-state index in [1.807, 2.05) is 36.4 Å². The van der Waals surface area contributed by atoms with Gasteiger partial charge < -0.3 is 0 Å². The van der Waals surface area contributed by atoms with Crippen LogP contribution in [0.5, 0.6) is 0 Å². The number of imide groups is 1. The van der Waals surface area contributed by atoms with Crippen LogP contribution in [0.1, 0.15) is 11.1 Å². The molecule has 3 amide bonds. The van der Waals surface area contributed by atoms with E-state index < -0.39 is 17.5 Å². The zero-order valence-corrected chi connectivity index (χ0v) is 13.1. The molecule has 0 aromatic heterocycles. The highest BCUT2D eigenvalue weighted by atomic mass is 79.9. The van der Waals surface area contributed by atoms with Crippen molar-refractivity contribution in [3.8, 4) is 0 Å². The monoisotopic (exact) mass is 364 g/mol. The van der Waals surface area contributed by atoms with Crippen molar-refractivity contribution < 1.29 is 9.59 Å². The Morgan fingerprint density at radius 3 is 1.62 bits per heavy atom. The first-order valence-electron chi connectivity index (χ1n) is 6.21. The maximum Gasteiger partial charge on any atom is 0.353 e. The molecule has 2 aromatic rings. The van der Waals surface area contributed by atoms with Crippen LogP contribution in [0.15, 0.2) is 60.7 Å². The molecule has 6 heteroatoms. The largest absolute Gasteiger partial charge is 0.353 e. The molecule has 1 saturated heterocycles. The Bertz CT molecular complexity index is 654. The van der Waals surface area contributed by atoms with Crippen LogP contribution in [0.3, 0.4) is 0 Å². The smallest absolute Gasteiger partial charge is 0.269 e. The van der Waals surface area contributed by atoms with Crippen LogP contribution in [0.4, 0.5) is 4.79 Å². The number of hydrogen-bond donors (Lipinski definition) is 0. The lowest BCUT2D eigenvalue weighted by atomic mass is 9.83. The van der Waals surface area contributed by atoms with Crippen LogP contribution < -0.4 is 0 Å². The Balaban J connectivity index is 2.32. The number of rotatable bonds is 2. The van der Waals surface area contributed by atoms with Gasteiger partial charge in [0.1, 0.15) is 0 Å². The number of carbonyl (C=O) groups is 2. The van der Waals surface area contributed by atoms with E-state index in [-0.39, 0.29) is 0 Å². The molecule has 0 spiro atoms. The molecule has 1 aliphatic rings. The number of amides is 3. The van der Waals surface area contributed by atoms with Crippen molar-refractivity contribution in [2.75, 3.05) is 0 Å². The Labute approximate surface area is 135 Å². The molecule has 2 aromatic carbocycles. The molecule has 0 atom stereocenters. The second-order valence-corrected chi connectivity index (χ2v) is 5.64. The summed E-state index contributed by atoms with van der Waals surface area (Å²) in [6.45, 7) is 0. The first kappa shape index (κ1) is 14.1. The summed E-state index contributed by atoms with van der Waals surface area (Å²) in [5.74, 6) is -0.511. The second-order valence-electron chi connectivity index (χ2n) is 4.59. The SMILES string of the molecule is O=C1N(Cl)C(=O)C(c2ccccc2)(c2ccccc2)N1Br. The van der Waals surface area contributed by atoms with E-state index in [1.165, 1.54) is 3.93 Å². The molecule has 4 nitrogen and oxygen atoms in total. The highest BCUT2D eigenvalue weighted by Gasteiger charge is 2.59. The average Bonchev–Trinajstić information content (AvgIpc) is 2.71. The number of hydrogen-bond acceptors (Lipinski definition) is 2. The van der Waals surface area contributed by atoms with Gasteiger partial charge in [-0.15, -0.1) is 0 Å². The minimum Gasteiger partial charge on any atom is -0.269 e. The van der Waals surface area contributed by atoms with Gasteiger partial charge >= 0.3 is 6.03 Å². The van der Waals surface area contributed by atoms with Gasteiger partial charge in [-0.1, -0.05) is 60.7 Å². The number of urea groups is 1. The molecule has 0 unspecified atom stereocenters. The summed E-state index contributed by atoms with van der Waals surface area (Å²) in [4.78, 5) is 24.9. The first-order valence-corrected chi connectivity index (χ1v) is 7.26. The molecule has 0 saturated carbocycles. The van der Waals surface area contributed by atoms with Crippen molar-refractivity contribution in [3.05, 3.63) is 71.8 Å². The predicted molar refractivity (Wildman–Crippen MR) is 82.5 cm³/mol. The molecule has 1 fully saturated rings. The van der Waals surface area contributed by atoms with Gasteiger partial charge in [0.05, 0.1) is 16.1 Å². The van der Waals surface area contributed by atoms with Crippen LogP contribution in [-0.4, -0.2) is 20.3 Å². The fraction of sp³-hybridized carbons (Fsp3) is 0.0667. The highest BCUT2D eigenvalue weighted by Crippen LogP contribution is 2.45. The van der Waals surface area contributed by atoms with E-state index in [0.29, 0.717) is 15.5 Å². The van der Waals surface area contributed by atoms with Gasteiger partial charge in [0, 0.05) is 11.8 Å². The summed E-state index contributed by atoms with van der Waals surface area (Å²) < 4.78 is 1.80. The van der Waals surface area contributed by atoms with Crippen molar-refractivity contribution in [2.45, 2.75) is 5.54 Å². The van der Waals surface area contributed by atoms with E-state index in [2.05, 4.69) is 16.1 Å². The minimum atomic E-state index is -1.30. The lowest BCUT2D eigenvalue weighted by Gasteiger charge is -2.31. The maximum absolute atomic E-state index is 12.8. The lowest BCUT2D eigenvalue weighted by molar-refractivity contribution is -0.127. The Morgan fingerprint density at radius 2 is 1.29 bits per heavy atom. The van der Waals surface area contributed by atoms with E-state index in [9.17, 15) is 9.59 Å². The first-order chi connectivity index (χ1) is 10.1. The standard InChI is InChI=1S/C15H10BrClN2O2/c16-19-14(21)18(17)13(20)15(19,11-7-3-1-4-8-11)12-9-5-2-6-10-12/h1-10H. The second kappa shape index (κ2) is 5.16. The summed E-state index contributed by atoms with van der Waals surface area (Å²) in [6.07, 6.45) is 0. The molecule has 21 heavy (non-hydrogen) atoms. The van der Waals surface area contributed by atoms with Crippen molar-refractivity contribution >= 4 is 39.9 Å². The minimum absolute atomic E-state index is 0.511. The summed E-state index contributed by atoms with van der Waals surface area (Å²) >= 11 is 9.07. The number of nitrogens with zero attached hydrogens (tertiary/aromatic N) is 2. The van der Waals surface area contributed by atoms with E-state index in [1.54, 1.807) is 24.3 Å². The van der Waals surface area contributed by atoms with Crippen molar-refractivity contribution in [2.24, 2.45) is 0 Å². The fourth-order valence-corrected chi connectivity index (χ4v) is 3.54. The van der Waals surface area contributed by atoms with Crippen LogP contribution in [0, 0.1) is 0 Å². The van der Waals surface area contributed by atoms with Crippen LogP contribution in [0.2, 0.25) is 0 Å². The highest BCUT2D eigenvalue weighted by molar-refractivity contribution is 9.07. The third-order valence-electron chi connectivity index (χ3n) is 3.50. The van der Waals surface area contributed by atoms with Gasteiger partial charge in [-0.25, -0.2) is 8.72 Å². The van der Waals surface area contributed by atoms with E-state index in [0.717, 1.165) is 0 Å². The van der Waals surface area contributed by atoms with E-state index >= 15 is 0 Å². The normalized spacial score (nSPS) is 17.4. The quantitative estimate of drug-likeness (QED) is 0.602.